The average molecular weight is 291 g/mol. The molecule has 0 aliphatic carbocycles. The van der Waals surface area contributed by atoms with Gasteiger partial charge < -0.3 is 10.2 Å². The van der Waals surface area contributed by atoms with Crippen molar-refractivity contribution in [2.45, 2.75) is 13.8 Å². The fourth-order valence-electron chi connectivity index (χ4n) is 1.82. The quantitative estimate of drug-likeness (QED) is 0.452. The molecular weight excluding hydrogens is 270 g/mol. The molecule has 0 saturated carbocycles. The van der Waals surface area contributed by atoms with E-state index in [0.29, 0.717) is 6.54 Å². The Labute approximate surface area is 124 Å². The number of hydrogen-bond donors (Lipinski definition) is 1. The van der Waals surface area contributed by atoms with Crippen LogP contribution in [0.25, 0.3) is 6.08 Å². The highest BCUT2D eigenvalue weighted by molar-refractivity contribution is 5.91. The van der Waals surface area contributed by atoms with Gasteiger partial charge in [0.2, 0.25) is 5.91 Å². The molecule has 0 aliphatic rings. The number of carbonyl (C=O) groups excluding carboxylic acids is 1. The molecule has 0 atom stereocenters. The zero-order valence-electron chi connectivity index (χ0n) is 12.4. The van der Waals surface area contributed by atoms with Crippen molar-refractivity contribution >= 4 is 17.7 Å². The number of non-ortho nitro benzene ring substituents is 1. The van der Waals surface area contributed by atoms with Gasteiger partial charge >= 0.3 is 0 Å². The molecule has 1 rings (SSSR count). The minimum absolute atomic E-state index is 0.0378. The first-order valence-corrected chi connectivity index (χ1v) is 6.99. The van der Waals surface area contributed by atoms with Crippen LogP contribution in [0.4, 0.5) is 5.69 Å². The van der Waals surface area contributed by atoms with Gasteiger partial charge in [0, 0.05) is 31.3 Å². The lowest BCUT2D eigenvalue weighted by Gasteiger charge is -2.17. The van der Waals surface area contributed by atoms with E-state index in [9.17, 15) is 14.9 Å². The van der Waals surface area contributed by atoms with E-state index >= 15 is 0 Å². The Morgan fingerprint density at radius 2 is 1.90 bits per heavy atom. The number of nitrogens with zero attached hydrogens (tertiary/aromatic N) is 2. The van der Waals surface area contributed by atoms with Crippen molar-refractivity contribution in [2.24, 2.45) is 0 Å². The summed E-state index contributed by atoms with van der Waals surface area (Å²) in [5, 5.41) is 13.3. The van der Waals surface area contributed by atoms with Crippen LogP contribution in [0, 0.1) is 10.1 Å². The van der Waals surface area contributed by atoms with Gasteiger partial charge in [0.15, 0.2) is 0 Å². The third kappa shape index (κ3) is 6.18. The summed E-state index contributed by atoms with van der Waals surface area (Å²) in [4.78, 5) is 23.9. The third-order valence-corrected chi connectivity index (χ3v) is 3.15. The summed E-state index contributed by atoms with van der Waals surface area (Å²) in [6, 6.07) is 6.05. The minimum Gasteiger partial charge on any atom is -0.351 e. The summed E-state index contributed by atoms with van der Waals surface area (Å²) in [6.07, 6.45) is 3.07. The number of nitro benzene ring substituents is 1. The number of nitro groups is 1. The molecule has 1 aromatic rings. The maximum absolute atomic E-state index is 11.6. The van der Waals surface area contributed by atoms with E-state index in [0.717, 1.165) is 25.2 Å². The maximum Gasteiger partial charge on any atom is 0.269 e. The highest BCUT2D eigenvalue weighted by atomic mass is 16.6. The predicted molar refractivity (Wildman–Crippen MR) is 82.9 cm³/mol. The topological polar surface area (TPSA) is 75.5 Å². The van der Waals surface area contributed by atoms with Crippen LogP contribution in [0.3, 0.4) is 0 Å². The summed E-state index contributed by atoms with van der Waals surface area (Å²) in [5.74, 6) is -0.166. The molecule has 0 spiro atoms. The maximum atomic E-state index is 11.6. The first-order chi connectivity index (χ1) is 10.1. The number of nitrogens with one attached hydrogen (secondary N) is 1. The molecule has 0 aliphatic heterocycles. The second-order valence-electron chi connectivity index (χ2n) is 4.50. The standard InChI is InChI=1S/C15H21N3O3/c1-3-17(4-2)12-11-16-15(19)10-7-13-5-8-14(9-6-13)18(20)21/h5-10H,3-4,11-12H2,1-2H3,(H,16,19)/b10-7+. The van der Waals surface area contributed by atoms with Gasteiger partial charge in [0.1, 0.15) is 0 Å². The Bertz CT molecular complexity index is 493. The molecule has 0 fully saturated rings. The number of amides is 1. The van der Waals surface area contributed by atoms with Gasteiger partial charge in [0.05, 0.1) is 4.92 Å². The van der Waals surface area contributed by atoms with Gasteiger partial charge in [0.25, 0.3) is 5.69 Å². The fourth-order valence-corrected chi connectivity index (χ4v) is 1.82. The molecule has 1 amide bonds. The van der Waals surface area contributed by atoms with Gasteiger partial charge in [-0.2, -0.15) is 0 Å². The zero-order chi connectivity index (χ0) is 15.7. The van der Waals surface area contributed by atoms with Gasteiger partial charge in [-0.1, -0.05) is 13.8 Å². The van der Waals surface area contributed by atoms with Crippen molar-refractivity contribution in [3.8, 4) is 0 Å². The molecule has 1 N–H and O–H groups in total. The molecule has 0 heterocycles. The van der Waals surface area contributed by atoms with E-state index in [1.165, 1.54) is 18.2 Å². The largest absolute Gasteiger partial charge is 0.351 e. The molecule has 0 saturated heterocycles. The van der Waals surface area contributed by atoms with E-state index in [-0.39, 0.29) is 11.6 Å². The van der Waals surface area contributed by atoms with Crippen LogP contribution in [0.2, 0.25) is 0 Å². The SMILES string of the molecule is CCN(CC)CCNC(=O)/C=C/c1ccc([N+](=O)[O-])cc1. The van der Waals surface area contributed by atoms with Crippen LogP contribution < -0.4 is 5.32 Å². The molecule has 114 valence electrons. The molecular formula is C15H21N3O3. The first kappa shape index (κ1) is 16.8. The van der Waals surface area contributed by atoms with Crippen LogP contribution in [-0.4, -0.2) is 41.9 Å². The minimum atomic E-state index is -0.451. The summed E-state index contributed by atoms with van der Waals surface area (Å²) >= 11 is 0. The molecule has 1 aromatic carbocycles. The lowest BCUT2D eigenvalue weighted by molar-refractivity contribution is -0.384. The van der Waals surface area contributed by atoms with Crippen molar-refractivity contribution in [3.63, 3.8) is 0 Å². The summed E-state index contributed by atoms with van der Waals surface area (Å²) in [7, 11) is 0. The number of hydrogen-bond acceptors (Lipinski definition) is 4. The van der Waals surface area contributed by atoms with E-state index in [1.807, 2.05) is 0 Å². The Balaban J connectivity index is 2.41. The van der Waals surface area contributed by atoms with Gasteiger partial charge in [-0.15, -0.1) is 0 Å². The third-order valence-electron chi connectivity index (χ3n) is 3.15. The van der Waals surface area contributed by atoms with Crippen molar-refractivity contribution in [2.75, 3.05) is 26.2 Å². The van der Waals surface area contributed by atoms with Gasteiger partial charge in [-0.3, -0.25) is 14.9 Å². The average Bonchev–Trinajstić information content (AvgIpc) is 2.50. The highest BCUT2D eigenvalue weighted by Crippen LogP contribution is 2.12. The van der Waals surface area contributed by atoms with E-state index in [4.69, 9.17) is 0 Å². The normalized spacial score (nSPS) is 11.0. The number of rotatable bonds is 8. The van der Waals surface area contributed by atoms with Crippen LogP contribution >= 0.6 is 0 Å². The van der Waals surface area contributed by atoms with Crippen LogP contribution in [0.1, 0.15) is 19.4 Å². The smallest absolute Gasteiger partial charge is 0.269 e. The summed E-state index contributed by atoms with van der Waals surface area (Å²) < 4.78 is 0. The first-order valence-electron chi connectivity index (χ1n) is 6.99. The monoisotopic (exact) mass is 291 g/mol. The van der Waals surface area contributed by atoms with Crippen molar-refractivity contribution in [1.29, 1.82) is 0 Å². The van der Waals surface area contributed by atoms with Crippen molar-refractivity contribution in [1.82, 2.24) is 10.2 Å². The second-order valence-corrected chi connectivity index (χ2v) is 4.50. The Morgan fingerprint density at radius 3 is 2.43 bits per heavy atom. The van der Waals surface area contributed by atoms with Crippen LogP contribution in [0.5, 0.6) is 0 Å². The molecule has 6 heteroatoms. The molecule has 0 radical (unpaired) electrons. The number of benzene rings is 1. The molecule has 0 bridgehead atoms. The number of likely N-dealkylation sites (N-methyl/N-ethyl adjacent to an activating group) is 1. The van der Waals surface area contributed by atoms with Gasteiger partial charge in [-0.05, 0) is 36.9 Å². The van der Waals surface area contributed by atoms with Crippen LogP contribution in [-0.2, 0) is 4.79 Å². The molecule has 6 nitrogen and oxygen atoms in total. The number of carbonyl (C=O) groups is 1. The zero-order valence-corrected chi connectivity index (χ0v) is 12.4. The lowest BCUT2D eigenvalue weighted by atomic mass is 10.2. The Kier molecular flexibility index (Phi) is 7.11. The Hall–Kier alpha value is -2.21. The molecule has 21 heavy (non-hydrogen) atoms. The molecule has 0 aromatic heterocycles. The van der Waals surface area contributed by atoms with E-state index in [2.05, 4.69) is 24.1 Å². The van der Waals surface area contributed by atoms with E-state index in [1.54, 1.807) is 18.2 Å². The Morgan fingerprint density at radius 1 is 1.29 bits per heavy atom. The second kappa shape index (κ2) is 8.86. The van der Waals surface area contributed by atoms with Crippen LogP contribution in [0.15, 0.2) is 30.3 Å². The lowest BCUT2D eigenvalue weighted by Crippen LogP contribution is -2.34. The van der Waals surface area contributed by atoms with Crippen molar-refractivity contribution in [3.05, 3.63) is 46.0 Å². The van der Waals surface area contributed by atoms with Gasteiger partial charge in [-0.25, -0.2) is 0 Å². The predicted octanol–water partition coefficient (Wildman–Crippen LogP) is 2.07. The molecule has 0 unspecified atom stereocenters. The van der Waals surface area contributed by atoms with Crippen molar-refractivity contribution < 1.29 is 9.72 Å². The van der Waals surface area contributed by atoms with E-state index < -0.39 is 4.92 Å². The summed E-state index contributed by atoms with van der Waals surface area (Å²) in [5.41, 5.74) is 0.787. The highest BCUT2D eigenvalue weighted by Gasteiger charge is 2.03. The summed E-state index contributed by atoms with van der Waals surface area (Å²) in [6.45, 7) is 7.52. The fraction of sp³-hybridized carbons (Fsp3) is 0.400.